The molecule has 8 nitrogen and oxygen atoms in total. The first-order valence-corrected chi connectivity index (χ1v) is 15.9. The molecule has 0 unspecified atom stereocenters. The molecular weight excluding hydrogens is 724 g/mol. The minimum Gasteiger partial charge on any atom is -0.353 e. The van der Waals surface area contributed by atoms with Gasteiger partial charge in [-0.1, -0.05) is 6.92 Å². The van der Waals surface area contributed by atoms with Crippen LogP contribution in [-0.4, -0.2) is 72.5 Å². The Hall–Kier alpha value is -3.52. The van der Waals surface area contributed by atoms with Gasteiger partial charge in [-0.2, -0.15) is 0 Å². The molecule has 0 saturated carbocycles. The Kier molecular flexibility index (Phi) is 9.83. The quantitative estimate of drug-likeness (QED) is 0.252. The monoisotopic (exact) mass is 752 g/mol. The van der Waals surface area contributed by atoms with Crippen LogP contribution in [0.1, 0.15) is 24.5 Å². The zero-order valence-electron chi connectivity index (χ0n) is 24.8. The van der Waals surface area contributed by atoms with E-state index in [9.17, 15) is 27.2 Å². The summed E-state index contributed by atoms with van der Waals surface area (Å²) in [5.74, 6) is -1.55. The molecule has 2 aliphatic rings. The molecule has 2 aliphatic heterocycles. The van der Waals surface area contributed by atoms with Crippen LogP contribution in [0.25, 0.3) is 21.8 Å². The molecule has 0 radical (unpaired) electrons. The van der Waals surface area contributed by atoms with Crippen LogP contribution in [0, 0.1) is 37.1 Å². The number of carbonyl (C=O) groups excluding carboxylic acids is 2. The molecule has 6 rings (SSSR count). The largest absolute Gasteiger partial charge is 0.353 e. The SMILES string of the molecule is CCCN1CCN(c2nc3cc(F)cc(F)c3c(Br)c2C)CC1=O.Cc1c(N2CCNC(=O)C2)nc2cc(F)cc(F)c2c1Br. The lowest BCUT2D eigenvalue weighted by molar-refractivity contribution is -0.131. The van der Waals surface area contributed by atoms with Crippen molar-refractivity contribution < 1.29 is 27.2 Å². The van der Waals surface area contributed by atoms with Gasteiger partial charge < -0.3 is 20.0 Å². The van der Waals surface area contributed by atoms with Crippen molar-refractivity contribution in [3.05, 3.63) is 67.6 Å². The van der Waals surface area contributed by atoms with Crippen LogP contribution in [0.5, 0.6) is 0 Å². The Labute approximate surface area is 274 Å². The number of rotatable bonds is 4. The molecule has 2 aromatic heterocycles. The van der Waals surface area contributed by atoms with E-state index in [4.69, 9.17) is 0 Å². The first-order chi connectivity index (χ1) is 21.4. The number of hydrogen-bond acceptors (Lipinski definition) is 6. The molecule has 4 heterocycles. The summed E-state index contributed by atoms with van der Waals surface area (Å²) in [5.41, 5.74) is 1.93. The van der Waals surface area contributed by atoms with E-state index in [0.717, 1.165) is 36.2 Å². The van der Waals surface area contributed by atoms with E-state index in [1.54, 1.807) is 11.8 Å². The van der Waals surface area contributed by atoms with Crippen LogP contribution in [-0.2, 0) is 9.59 Å². The van der Waals surface area contributed by atoms with Crippen LogP contribution in [0.3, 0.4) is 0 Å². The second kappa shape index (κ2) is 13.5. The van der Waals surface area contributed by atoms with E-state index in [-0.39, 0.29) is 46.7 Å². The smallest absolute Gasteiger partial charge is 0.242 e. The van der Waals surface area contributed by atoms with Crippen molar-refractivity contribution in [2.24, 2.45) is 0 Å². The van der Waals surface area contributed by atoms with E-state index in [1.165, 1.54) is 12.1 Å². The van der Waals surface area contributed by atoms with Gasteiger partial charge in [0, 0.05) is 77.1 Å². The molecule has 0 spiro atoms. The zero-order chi connectivity index (χ0) is 32.6. The van der Waals surface area contributed by atoms with Gasteiger partial charge in [0.1, 0.15) is 34.9 Å². The number of halogens is 6. The highest BCUT2D eigenvalue weighted by atomic mass is 79.9. The molecule has 45 heavy (non-hydrogen) atoms. The molecule has 0 aliphatic carbocycles. The van der Waals surface area contributed by atoms with Gasteiger partial charge >= 0.3 is 0 Å². The Bertz CT molecular complexity index is 1830. The van der Waals surface area contributed by atoms with Crippen molar-refractivity contribution in [2.75, 3.05) is 55.6 Å². The number of hydrogen-bond donors (Lipinski definition) is 1. The number of aromatic nitrogens is 2. The number of benzene rings is 2. The summed E-state index contributed by atoms with van der Waals surface area (Å²) >= 11 is 6.76. The van der Waals surface area contributed by atoms with E-state index < -0.39 is 23.3 Å². The second-order valence-corrected chi connectivity index (χ2v) is 12.5. The van der Waals surface area contributed by atoms with E-state index in [1.807, 2.05) is 23.6 Å². The summed E-state index contributed by atoms with van der Waals surface area (Å²) in [6.45, 7) is 9.20. The predicted octanol–water partition coefficient (Wildman–Crippen LogP) is 6.16. The third kappa shape index (κ3) is 6.71. The first kappa shape index (κ1) is 32.9. The van der Waals surface area contributed by atoms with Crippen LogP contribution in [0.4, 0.5) is 29.2 Å². The molecular formula is C31H30Br2F4N6O2. The van der Waals surface area contributed by atoms with Crippen molar-refractivity contribution in [2.45, 2.75) is 27.2 Å². The van der Waals surface area contributed by atoms with E-state index >= 15 is 0 Å². The first-order valence-electron chi connectivity index (χ1n) is 14.3. The fourth-order valence-corrected chi connectivity index (χ4v) is 6.67. The predicted molar refractivity (Wildman–Crippen MR) is 172 cm³/mol. The van der Waals surface area contributed by atoms with Gasteiger partial charge in [-0.05, 0) is 52.1 Å². The molecule has 2 fully saturated rings. The van der Waals surface area contributed by atoms with Gasteiger partial charge in [-0.15, -0.1) is 0 Å². The maximum absolute atomic E-state index is 14.1. The molecule has 0 atom stereocenters. The number of anilines is 2. The second-order valence-electron chi connectivity index (χ2n) is 10.9. The van der Waals surface area contributed by atoms with Gasteiger partial charge in [0.05, 0.1) is 34.9 Å². The Morgan fingerprint density at radius 3 is 1.76 bits per heavy atom. The molecule has 2 amide bonds. The third-order valence-electron chi connectivity index (χ3n) is 7.74. The maximum Gasteiger partial charge on any atom is 0.242 e. The van der Waals surface area contributed by atoms with Crippen molar-refractivity contribution in [1.82, 2.24) is 20.2 Å². The molecule has 14 heteroatoms. The van der Waals surface area contributed by atoms with Gasteiger partial charge in [0.15, 0.2) is 0 Å². The summed E-state index contributed by atoms with van der Waals surface area (Å²) in [6.07, 6.45) is 0.920. The van der Waals surface area contributed by atoms with Crippen molar-refractivity contribution >= 4 is 77.1 Å². The minimum atomic E-state index is -0.675. The number of pyridine rings is 2. The number of nitrogens with zero attached hydrogens (tertiary/aromatic N) is 5. The molecule has 4 aromatic rings. The molecule has 2 aromatic carbocycles. The topological polar surface area (TPSA) is 81.7 Å². The van der Waals surface area contributed by atoms with E-state index in [0.29, 0.717) is 46.8 Å². The number of carbonyl (C=O) groups is 2. The minimum absolute atomic E-state index is 0.0472. The number of fused-ring (bicyclic) bond motifs is 2. The lowest BCUT2D eigenvalue weighted by atomic mass is 10.1. The molecule has 0 bridgehead atoms. The normalized spacial score (nSPS) is 15.4. The highest BCUT2D eigenvalue weighted by Gasteiger charge is 2.27. The summed E-state index contributed by atoms with van der Waals surface area (Å²) in [5, 5.41) is 3.24. The molecule has 2 saturated heterocycles. The van der Waals surface area contributed by atoms with Crippen LogP contribution < -0.4 is 15.1 Å². The lowest BCUT2D eigenvalue weighted by Gasteiger charge is -2.35. The summed E-state index contributed by atoms with van der Waals surface area (Å²) in [4.78, 5) is 38.1. The third-order valence-corrected chi connectivity index (χ3v) is 9.72. The Balaban J connectivity index is 0.000000179. The van der Waals surface area contributed by atoms with Gasteiger partial charge in [-0.3, -0.25) is 9.59 Å². The van der Waals surface area contributed by atoms with Gasteiger partial charge in [0.2, 0.25) is 11.8 Å². The zero-order valence-corrected chi connectivity index (χ0v) is 28.0. The Morgan fingerprint density at radius 2 is 1.29 bits per heavy atom. The average Bonchev–Trinajstić information content (AvgIpc) is 2.97. The number of amides is 2. The lowest BCUT2D eigenvalue weighted by Crippen LogP contribution is -2.51. The van der Waals surface area contributed by atoms with Crippen molar-refractivity contribution in [3.8, 4) is 0 Å². The van der Waals surface area contributed by atoms with Crippen LogP contribution in [0.15, 0.2) is 33.2 Å². The maximum atomic E-state index is 14.1. The summed E-state index contributed by atoms with van der Waals surface area (Å²) in [7, 11) is 0. The fraction of sp³-hybridized carbons (Fsp3) is 0.355. The molecule has 238 valence electrons. The van der Waals surface area contributed by atoms with Gasteiger partial charge in [-0.25, -0.2) is 27.5 Å². The van der Waals surface area contributed by atoms with Crippen LogP contribution >= 0.6 is 31.9 Å². The van der Waals surface area contributed by atoms with Crippen LogP contribution in [0.2, 0.25) is 0 Å². The Morgan fingerprint density at radius 1 is 0.778 bits per heavy atom. The number of nitrogens with one attached hydrogen (secondary N) is 1. The standard InChI is InChI=1S/C17H18BrF2N3O.C14H12BrF2N3O/c1-3-4-22-5-6-23(9-14(22)24)17-10(2)16(18)15-12(20)7-11(19)8-13(15)21-17;1-7-13(15)12-9(17)4-8(16)5-10(12)19-14(7)20-3-2-18-11(21)6-20/h7-8H,3-6,9H2,1-2H3;4-5H,2-3,6H2,1H3,(H,18,21). The summed E-state index contributed by atoms with van der Waals surface area (Å²) in [6, 6.07) is 4.08. The highest BCUT2D eigenvalue weighted by molar-refractivity contribution is 9.11. The summed E-state index contributed by atoms with van der Waals surface area (Å²) < 4.78 is 56.0. The van der Waals surface area contributed by atoms with Crippen molar-refractivity contribution in [1.29, 1.82) is 0 Å². The molecule has 1 N–H and O–H groups in total. The fourth-order valence-electron chi connectivity index (χ4n) is 5.53. The van der Waals surface area contributed by atoms with Crippen molar-refractivity contribution in [3.63, 3.8) is 0 Å². The number of piperazine rings is 2. The van der Waals surface area contributed by atoms with E-state index in [2.05, 4.69) is 47.1 Å². The average molecular weight is 754 g/mol. The highest BCUT2D eigenvalue weighted by Crippen LogP contribution is 2.36. The van der Waals surface area contributed by atoms with Gasteiger partial charge in [0.25, 0.3) is 0 Å².